The first-order valence-electron chi connectivity index (χ1n) is 22.3. The Morgan fingerprint density at radius 1 is 0.897 bits per heavy atom. The van der Waals surface area contributed by atoms with Crippen molar-refractivity contribution in [2.45, 2.75) is 86.6 Å². The molecule has 9 rings (SSSR count). The van der Waals surface area contributed by atoms with E-state index in [4.69, 9.17) is 37.9 Å². The summed E-state index contributed by atoms with van der Waals surface area (Å²) in [6.07, 6.45) is -3.25. The number of amides is 4. The summed E-state index contributed by atoms with van der Waals surface area (Å²) in [5.74, 6) is -5.98. The van der Waals surface area contributed by atoms with Crippen LogP contribution in [0.15, 0.2) is 30.4 Å². The average Bonchev–Trinajstić information content (AvgIpc) is 3.96. The molecular weight excluding hydrogens is 915 g/mol. The number of hydrogen-bond acceptors (Lipinski definition) is 20. The minimum Gasteiger partial charge on any atom is -0.507 e. The maximum absolute atomic E-state index is 14.3. The smallest absolute Gasteiger partial charge is 0.253 e. The predicted octanol–water partition coefficient (Wildman–Crippen LogP) is 0.538. The fourth-order valence-corrected chi connectivity index (χ4v) is 11.3. The minimum absolute atomic E-state index is 0.00336. The Morgan fingerprint density at radius 3 is 2.31 bits per heavy atom. The van der Waals surface area contributed by atoms with Crippen molar-refractivity contribution in [1.82, 2.24) is 14.7 Å². The molecule has 0 saturated carbocycles. The van der Waals surface area contributed by atoms with E-state index >= 15 is 0 Å². The van der Waals surface area contributed by atoms with E-state index in [0.29, 0.717) is 13.2 Å². The van der Waals surface area contributed by atoms with Crippen LogP contribution in [0.5, 0.6) is 17.2 Å². The Balaban J connectivity index is 0.904. The molecule has 0 spiro atoms. The highest BCUT2D eigenvalue weighted by Gasteiger charge is 2.55. The van der Waals surface area contributed by atoms with Crippen LogP contribution in [0.3, 0.4) is 0 Å². The maximum Gasteiger partial charge on any atom is 0.253 e. The number of fused-ring (bicyclic) bond motifs is 6. The number of carbonyl (C=O) groups is 7. The number of hydrogen-bond donors (Lipinski definition) is 3. The molecule has 3 N–H and O–H groups in total. The summed E-state index contributed by atoms with van der Waals surface area (Å²) in [6, 6.07) is 4.14. The van der Waals surface area contributed by atoms with Crippen molar-refractivity contribution < 1.29 is 86.8 Å². The zero-order chi connectivity index (χ0) is 48.2. The van der Waals surface area contributed by atoms with E-state index in [9.17, 15) is 48.9 Å². The number of phenolic OH excluding ortho intramolecular Hbond substituents is 2. The molecule has 9 atom stereocenters. The Labute approximate surface area is 393 Å². The standard InChI is InChI=1S/C46H51N3O18S/c1-22-42-25(47-11-14-64-45(61-3)44(47)67-42)17-33(65-22)66-27-20-46(59,19-24-35(27)41(57)37-36(39(24)55)38(54)23-5-4-6-26(60-2)34(23)40(37)56)29(50)21-68-28-18-32(53)49(43(28)58)10-13-63-16-15-62-12-9-48-30(51)7-8-31(48)52/h4-8,22,25,27-28,33,42,44-45,55,57,59H,9-21H2,1-3H3/t22-,25-,27-,28?,33-,42+,44+,45-,46-/m0/s1. The minimum atomic E-state index is -2.32. The van der Waals surface area contributed by atoms with Crippen LogP contribution >= 0.6 is 11.8 Å². The molecule has 364 valence electrons. The molecule has 2 aromatic carbocycles. The number of benzene rings is 2. The number of phenols is 2. The SMILES string of the molecule is COc1cccc2c1C(=O)c1c(O)c3c(c(O)c1C2=O)C[C@@](O)(C(=O)CSC1CC(=O)N(CCOCCOCCN2C(=O)C=CC2=O)C1=O)C[C@@H]3O[C@H]1C[C@H]2[C@H](O[C@@H]3[C@@H](OC)OCCN32)[C@H](C)O1. The van der Waals surface area contributed by atoms with Gasteiger partial charge in [0.1, 0.15) is 29.0 Å². The normalized spacial score (nSPS) is 29.9. The Bertz CT molecular complexity index is 2450. The molecule has 0 bridgehead atoms. The summed E-state index contributed by atoms with van der Waals surface area (Å²) in [5.41, 5.74) is -3.79. The maximum atomic E-state index is 14.3. The van der Waals surface area contributed by atoms with Crippen molar-refractivity contribution in [3.8, 4) is 17.2 Å². The zero-order valence-electron chi connectivity index (χ0n) is 37.4. The van der Waals surface area contributed by atoms with Crippen molar-refractivity contribution >= 4 is 52.7 Å². The number of methoxy groups -OCH3 is 2. The van der Waals surface area contributed by atoms with E-state index in [0.717, 1.165) is 21.6 Å². The molecule has 1 unspecified atom stereocenters. The van der Waals surface area contributed by atoms with Gasteiger partial charge < -0.3 is 53.2 Å². The van der Waals surface area contributed by atoms with Crippen molar-refractivity contribution in [2.24, 2.45) is 0 Å². The molecule has 4 saturated heterocycles. The van der Waals surface area contributed by atoms with Gasteiger partial charge in [-0.15, -0.1) is 11.8 Å². The summed E-state index contributed by atoms with van der Waals surface area (Å²) < 4.78 is 46.9. The lowest BCUT2D eigenvalue weighted by Gasteiger charge is -2.43. The van der Waals surface area contributed by atoms with Crippen LogP contribution in [-0.2, 0) is 63.6 Å². The highest BCUT2D eigenvalue weighted by atomic mass is 32.2. The van der Waals surface area contributed by atoms with Crippen LogP contribution in [0.4, 0.5) is 0 Å². The zero-order valence-corrected chi connectivity index (χ0v) is 38.2. The van der Waals surface area contributed by atoms with Crippen LogP contribution in [-0.4, -0.2) is 192 Å². The van der Waals surface area contributed by atoms with Crippen LogP contribution in [0.2, 0.25) is 0 Å². The van der Waals surface area contributed by atoms with Gasteiger partial charge in [0.2, 0.25) is 17.6 Å². The molecular formula is C46H51N3O18S. The van der Waals surface area contributed by atoms with Gasteiger partial charge in [-0.1, -0.05) is 12.1 Å². The fourth-order valence-electron chi connectivity index (χ4n) is 10.2. The second-order valence-corrected chi connectivity index (χ2v) is 18.6. The van der Waals surface area contributed by atoms with E-state index in [1.807, 2.05) is 0 Å². The number of ether oxygens (including phenoxy) is 8. The van der Waals surface area contributed by atoms with E-state index in [2.05, 4.69) is 4.90 Å². The lowest BCUT2D eigenvalue weighted by atomic mass is 9.72. The molecule has 68 heavy (non-hydrogen) atoms. The predicted molar refractivity (Wildman–Crippen MR) is 232 cm³/mol. The fraction of sp³-hybridized carbons (Fsp3) is 0.543. The van der Waals surface area contributed by atoms with Gasteiger partial charge in [-0.2, -0.15) is 0 Å². The van der Waals surface area contributed by atoms with E-state index in [-0.39, 0.29) is 86.4 Å². The van der Waals surface area contributed by atoms with Crippen LogP contribution in [0, 0.1) is 0 Å². The van der Waals surface area contributed by atoms with Gasteiger partial charge in [-0.05, 0) is 13.0 Å². The topological polar surface area (TPSA) is 264 Å². The lowest BCUT2D eigenvalue weighted by molar-refractivity contribution is -0.256. The number of imide groups is 2. The third kappa shape index (κ3) is 8.53. The molecule has 2 aliphatic carbocycles. The highest BCUT2D eigenvalue weighted by Crippen LogP contribution is 2.53. The Morgan fingerprint density at radius 2 is 1.60 bits per heavy atom. The molecule has 7 aliphatic rings. The molecule has 4 fully saturated rings. The average molecular weight is 966 g/mol. The first-order chi connectivity index (χ1) is 32.6. The van der Waals surface area contributed by atoms with Gasteiger partial charge in [0.15, 0.2) is 30.4 Å². The Hall–Kier alpha value is -5.14. The molecule has 0 radical (unpaired) electrons. The number of nitrogens with zero attached hydrogens (tertiary/aromatic N) is 3. The second kappa shape index (κ2) is 19.3. The van der Waals surface area contributed by atoms with E-state index in [1.165, 1.54) is 44.6 Å². The summed E-state index contributed by atoms with van der Waals surface area (Å²) in [5, 5.41) is 35.6. The summed E-state index contributed by atoms with van der Waals surface area (Å²) in [6.45, 7) is 3.08. The number of aliphatic hydroxyl groups is 1. The van der Waals surface area contributed by atoms with Crippen molar-refractivity contribution in [1.29, 1.82) is 0 Å². The third-order valence-electron chi connectivity index (χ3n) is 13.5. The quantitative estimate of drug-likeness (QED) is 0.0947. The van der Waals surface area contributed by atoms with Gasteiger partial charge in [0.25, 0.3) is 11.8 Å². The summed E-state index contributed by atoms with van der Waals surface area (Å²) in [7, 11) is 2.85. The summed E-state index contributed by atoms with van der Waals surface area (Å²) in [4.78, 5) is 96.5. The lowest BCUT2D eigenvalue weighted by Crippen LogP contribution is -2.55. The third-order valence-corrected chi connectivity index (χ3v) is 14.7. The van der Waals surface area contributed by atoms with Gasteiger partial charge >= 0.3 is 0 Å². The molecule has 21 nitrogen and oxygen atoms in total. The van der Waals surface area contributed by atoms with Crippen molar-refractivity contribution in [2.75, 3.05) is 72.6 Å². The highest BCUT2D eigenvalue weighted by molar-refractivity contribution is 8.01. The van der Waals surface area contributed by atoms with Crippen LogP contribution in [0.1, 0.15) is 75.3 Å². The van der Waals surface area contributed by atoms with Gasteiger partial charge in [-0.3, -0.25) is 48.3 Å². The van der Waals surface area contributed by atoms with Gasteiger partial charge in [-0.25, -0.2) is 0 Å². The number of likely N-dealkylation sites (tertiary alicyclic amines) is 1. The summed E-state index contributed by atoms with van der Waals surface area (Å²) >= 11 is 0.865. The molecule has 22 heteroatoms. The molecule has 5 heterocycles. The number of ketones is 3. The largest absolute Gasteiger partial charge is 0.507 e. The number of aromatic hydroxyl groups is 2. The monoisotopic (exact) mass is 965 g/mol. The number of morpholine rings is 1. The molecule has 5 aliphatic heterocycles. The van der Waals surface area contributed by atoms with Crippen molar-refractivity contribution in [3.05, 3.63) is 63.7 Å². The number of thioether (sulfide) groups is 1. The van der Waals surface area contributed by atoms with E-state index < -0.39 is 130 Å². The van der Waals surface area contributed by atoms with Gasteiger partial charge in [0.05, 0.1) is 93.1 Å². The Kier molecular flexibility index (Phi) is 13.6. The second-order valence-electron chi connectivity index (χ2n) is 17.4. The van der Waals surface area contributed by atoms with Crippen LogP contribution in [0.25, 0.3) is 0 Å². The van der Waals surface area contributed by atoms with Crippen LogP contribution < -0.4 is 4.74 Å². The number of carbonyl (C=O) groups excluding carboxylic acids is 7. The molecule has 0 aromatic heterocycles. The number of rotatable bonds is 17. The van der Waals surface area contributed by atoms with Gasteiger partial charge in [0, 0.05) is 74.2 Å². The van der Waals surface area contributed by atoms with E-state index in [1.54, 1.807) is 6.92 Å². The first-order valence-corrected chi connectivity index (χ1v) is 23.3. The molecule has 4 amide bonds. The first kappa shape index (κ1) is 47.9. The van der Waals surface area contributed by atoms with Crippen molar-refractivity contribution in [3.63, 3.8) is 0 Å². The molecule has 2 aromatic rings. The number of Topliss-reactive ketones (excluding diaryl/α,β-unsaturated/α-hetero) is 1.